The van der Waals surface area contributed by atoms with Crippen LogP contribution in [0.3, 0.4) is 0 Å². The normalized spacial score (nSPS) is 14.7. The molecular weight excluding hydrogens is 412 g/mol. The van der Waals surface area contributed by atoms with Gasteiger partial charge in [-0.1, -0.05) is 60.7 Å². The molecule has 33 heavy (non-hydrogen) atoms. The van der Waals surface area contributed by atoms with Crippen molar-refractivity contribution < 1.29 is 4.79 Å². The van der Waals surface area contributed by atoms with Crippen molar-refractivity contribution in [3.8, 4) is 0 Å². The molecule has 0 aliphatic carbocycles. The molecule has 166 valence electrons. The first-order chi connectivity index (χ1) is 16.1. The van der Waals surface area contributed by atoms with Crippen LogP contribution < -0.4 is 5.56 Å². The minimum absolute atomic E-state index is 0.129. The molecule has 1 aliphatic rings. The summed E-state index contributed by atoms with van der Waals surface area (Å²) in [5.41, 5.74) is 2.95. The summed E-state index contributed by atoms with van der Waals surface area (Å²) in [5.74, 6) is -0.211. The van der Waals surface area contributed by atoms with E-state index in [4.69, 9.17) is 0 Å². The van der Waals surface area contributed by atoms with E-state index in [9.17, 15) is 9.59 Å². The number of carbonyl (C=O) groups excluding carboxylic acids is 1. The van der Waals surface area contributed by atoms with E-state index >= 15 is 0 Å². The Morgan fingerprint density at radius 3 is 2.06 bits per heavy atom. The number of aromatic nitrogens is 2. The lowest BCUT2D eigenvalue weighted by Crippen LogP contribution is -2.50. The van der Waals surface area contributed by atoms with Crippen LogP contribution in [0.1, 0.15) is 27.5 Å². The van der Waals surface area contributed by atoms with Crippen molar-refractivity contribution in [1.29, 1.82) is 0 Å². The summed E-state index contributed by atoms with van der Waals surface area (Å²) in [6, 6.07) is 26.4. The van der Waals surface area contributed by atoms with Gasteiger partial charge in [-0.2, -0.15) is 0 Å². The highest BCUT2D eigenvalue weighted by molar-refractivity contribution is 5.97. The van der Waals surface area contributed by atoms with Crippen LogP contribution in [0.25, 0.3) is 11.0 Å². The predicted molar refractivity (Wildman–Crippen MR) is 129 cm³/mol. The summed E-state index contributed by atoms with van der Waals surface area (Å²) in [6.07, 6.45) is 1.65. The molecule has 0 spiro atoms. The second kappa shape index (κ2) is 9.00. The Morgan fingerprint density at radius 1 is 0.848 bits per heavy atom. The van der Waals surface area contributed by atoms with E-state index in [1.807, 2.05) is 24.3 Å². The number of fused-ring (bicyclic) bond motifs is 1. The molecule has 3 heterocycles. The van der Waals surface area contributed by atoms with Crippen LogP contribution in [-0.4, -0.2) is 51.4 Å². The minimum Gasteiger partial charge on any atom is -0.336 e. The lowest BCUT2D eigenvalue weighted by atomic mass is 9.96. The number of rotatable bonds is 4. The fourth-order valence-electron chi connectivity index (χ4n) is 4.69. The van der Waals surface area contributed by atoms with Gasteiger partial charge in [0.25, 0.3) is 11.5 Å². The van der Waals surface area contributed by atoms with Crippen LogP contribution in [0.15, 0.2) is 89.9 Å². The summed E-state index contributed by atoms with van der Waals surface area (Å²) in [4.78, 5) is 34.7. The smallest absolute Gasteiger partial charge is 0.264 e. The van der Waals surface area contributed by atoms with E-state index in [2.05, 4.69) is 58.4 Å². The molecule has 6 heteroatoms. The molecule has 5 rings (SSSR count). The van der Waals surface area contributed by atoms with Crippen molar-refractivity contribution in [2.75, 3.05) is 26.2 Å². The topological polar surface area (TPSA) is 58.4 Å². The van der Waals surface area contributed by atoms with Gasteiger partial charge in [0.15, 0.2) is 0 Å². The van der Waals surface area contributed by atoms with Crippen molar-refractivity contribution in [1.82, 2.24) is 19.4 Å². The summed E-state index contributed by atoms with van der Waals surface area (Å²) >= 11 is 0. The Kier molecular flexibility index (Phi) is 5.75. The fraction of sp³-hybridized carbons (Fsp3) is 0.222. The zero-order valence-electron chi connectivity index (χ0n) is 18.6. The number of aryl methyl sites for hydroxylation is 1. The first kappa shape index (κ1) is 21.1. The van der Waals surface area contributed by atoms with Gasteiger partial charge < -0.3 is 4.90 Å². The Balaban J connectivity index is 1.38. The zero-order chi connectivity index (χ0) is 22.8. The monoisotopic (exact) mass is 438 g/mol. The molecule has 1 saturated heterocycles. The van der Waals surface area contributed by atoms with Crippen LogP contribution >= 0.6 is 0 Å². The number of hydrogen-bond acceptors (Lipinski definition) is 4. The van der Waals surface area contributed by atoms with Gasteiger partial charge in [-0.25, -0.2) is 4.98 Å². The van der Waals surface area contributed by atoms with Gasteiger partial charge in [-0.3, -0.25) is 19.1 Å². The summed E-state index contributed by atoms with van der Waals surface area (Å²) in [5, 5.41) is 0.787. The molecule has 0 unspecified atom stereocenters. The average Bonchev–Trinajstić information content (AvgIpc) is 2.88. The van der Waals surface area contributed by atoms with Crippen LogP contribution in [0.2, 0.25) is 0 Å². The zero-order valence-corrected chi connectivity index (χ0v) is 18.6. The van der Waals surface area contributed by atoms with Gasteiger partial charge in [-0.05, 0) is 29.3 Å². The third-order valence-corrected chi connectivity index (χ3v) is 6.40. The number of carbonyl (C=O) groups is 1. The van der Waals surface area contributed by atoms with Gasteiger partial charge in [0, 0.05) is 44.8 Å². The molecule has 0 bridgehead atoms. The van der Waals surface area contributed by atoms with Crippen molar-refractivity contribution in [2.24, 2.45) is 7.05 Å². The van der Waals surface area contributed by atoms with Crippen LogP contribution in [0.4, 0.5) is 0 Å². The highest BCUT2D eigenvalue weighted by atomic mass is 16.2. The van der Waals surface area contributed by atoms with E-state index in [1.165, 1.54) is 15.7 Å². The van der Waals surface area contributed by atoms with Gasteiger partial charge >= 0.3 is 0 Å². The van der Waals surface area contributed by atoms with Gasteiger partial charge in [0.1, 0.15) is 11.2 Å². The molecule has 0 radical (unpaired) electrons. The molecular formula is C27H26N4O2. The van der Waals surface area contributed by atoms with Crippen LogP contribution in [0.5, 0.6) is 0 Å². The fourth-order valence-corrected chi connectivity index (χ4v) is 4.69. The summed E-state index contributed by atoms with van der Waals surface area (Å²) in [6.45, 7) is 2.61. The molecule has 0 atom stereocenters. The number of pyridine rings is 2. The molecule has 2 aromatic carbocycles. The first-order valence-corrected chi connectivity index (χ1v) is 11.2. The number of benzene rings is 2. The van der Waals surface area contributed by atoms with E-state index in [1.54, 1.807) is 24.2 Å². The molecule has 0 N–H and O–H groups in total. The molecule has 1 aliphatic heterocycles. The number of amides is 1. The molecule has 6 nitrogen and oxygen atoms in total. The van der Waals surface area contributed by atoms with Crippen molar-refractivity contribution in [2.45, 2.75) is 6.04 Å². The van der Waals surface area contributed by atoms with Crippen molar-refractivity contribution in [3.05, 3.63) is 112 Å². The van der Waals surface area contributed by atoms with E-state index < -0.39 is 0 Å². The third kappa shape index (κ3) is 4.05. The summed E-state index contributed by atoms with van der Waals surface area (Å²) in [7, 11) is 1.66. The second-order valence-electron chi connectivity index (χ2n) is 8.39. The van der Waals surface area contributed by atoms with Crippen molar-refractivity contribution in [3.63, 3.8) is 0 Å². The maximum absolute atomic E-state index is 13.3. The highest BCUT2D eigenvalue weighted by Gasteiger charge is 2.29. The van der Waals surface area contributed by atoms with Crippen LogP contribution in [-0.2, 0) is 7.05 Å². The highest BCUT2D eigenvalue weighted by Crippen LogP contribution is 2.29. The largest absolute Gasteiger partial charge is 0.336 e. The maximum Gasteiger partial charge on any atom is 0.264 e. The van der Waals surface area contributed by atoms with Gasteiger partial charge in [-0.15, -0.1) is 0 Å². The maximum atomic E-state index is 13.3. The number of hydrogen-bond donors (Lipinski definition) is 0. The Labute approximate surface area is 192 Å². The lowest BCUT2D eigenvalue weighted by molar-refractivity contribution is 0.0595. The molecule has 4 aromatic rings. The number of nitrogens with zero attached hydrogens (tertiary/aromatic N) is 4. The second-order valence-corrected chi connectivity index (χ2v) is 8.39. The number of piperazine rings is 1. The Hall–Kier alpha value is -3.77. The SMILES string of the molecule is Cn1c(=O)c(C(=O)N2CCN(C(c3ccccc3)c3ccccc3)CC2)cc2cccnc21. The van der Waals surface area contributed by atoms with E-state index in [0.29, 0.717) is 18.7 Å². The molecule has 2 aromatic heterocycles. The molecule has 1 amide bonds. The van der Waals surface area contributed by atoms with Crippen LogP contribution in [0, 0.1) is 0 Å². The first-order valence-electron chi connectivity index (χ1n) is 11.2. The Morgan fingerprint density at radius 2 is 1.45 bits per heavy atom. The minimum atomic E-state index is -0.305. The third-order valence-electron chi connectivity index (χ3n) is 6.40. The van der Waals surface area contributed by atoms with Gasteiger partial charge in [0.2, 0.25) is 0 Å². The lowest BCUT2D eigenvalue weighted by Gasteiger charge is -2.39. The van der Waals surface area contributed by atoms with Gasteiger partial charge in [0.05, 0.1) is 6.04 Å². The molecule has 0 saturated carbocycles. The summed E-state index contributed by atoms with van der Waals surface area (Å²) < 4.78 is 1.46. The van der Waals surface area contributed by atoms with Crippen molar-refractivity contribution >= 4 is 16.9 Å². The predicted octanol–water partition coefficient (Wildman–Crippen LogP) is 3.48. The molecule has 1 fully saturated rings. The Bertz CT molecular complexity index is 1290. The van der Waals surface area contributed by atoms with E-state index in [0.717, 1.165) is 18.5 Å². The standard InChI is InChI=1S/C27H26N4O2/c1-29-25-22(13-8-14-28-25)19-23(26(29)32)27(33)31-17-15-30(16-18-31)24(20-9-4-2-5-10-20)21-11-6-3-7-12-21/h2-14,19,24H,15-18H2,1H3. The van der Waals surface area contributed by atoms with E-state index in [-0.39, 0.29) is 23.1 Å². The average molecular weight is 439 g/mol. The quantitative estimate of drug-likeness (QED) is 0.490.